The van der Waals surface area contributed by atoms with Gasteiger partial charge in [0.15, 0.2) is 16.4 Å². The molecular weight excluding hydrogens is 344 g/mol. The lowest BCUT2D eigenvalue weighted by molar-refractivity contribution is -0.116. The number of carbonyl (C=O) groups excluding carboxylic acids is 1. The van der Waals surface area contributed by atoms with Crippen molar-refractivity contribution >= 4 is 27.2 Å². The zero-order chi connectivity index (χ0) is 18.8. The number of carbonyl (C=O) groups is 1. The molecule has 0 aliphatic carbocycles. The van der Waals surface area contributed by atoms with Gasteiger partial charge in [0.25, 0.3) is 15.9 Å². The molecule has 0 radical (unpaired) electrons. The number of rotatable bonds is 6. The Balaban J connectivity index is 2.75. The molecule has 138 valence electrons. The van der Waals surface area contributed by atoms with E-state index in [0.717, 1.165) is 6.42 Å². The molecule has 1 N–H and O–H groups in total. The van der Waals surface area contributed by atoms with Crippen LogP contribution in [0.4, 0.5) is 5.69 Å². The van der Waals surface area contributed by atoms with Crippen LogP contribution in [0.2, 0.25) is 0 Å². The molecule has 25 heavy (non-hydrogen) atoms. The van der Waals surface area contributed by atoms with E-state index in [1.165, 1.54) is 18.5 Å². The third-order valence-electron chi connectivity index (χ3n) is 4.09. The van der Waals surface area contributed by atoms with Gasteiger partial charge < -0.3 is 14.8 Å². The molecule has 7 nitrogen and oxygen atoms in total. The summed E-state index contributed by atoms with van der Waals surface area (Å²) in [6.45, 7) is 5.87. The lowest BCUT2D eigenvalue weighted by atomic mass is 10.0. The second-order valence-electron chi connectivity index (χ2n) is 5.60. The van der Waals surface area contributed by atoms with Crippen molar-refractivity contribution in [3.63, 3.8) is 0 Å². The molecule has 2 rings (SSSR count). The first kappa shape index (κ1) is 19.1. The van der Waals surface area contributed by atoms with Crippen molar-refractivity contribution in [1.29, 1.82) is 0 Å². The number of anilines is 1. The summed E-state index contributed by atoms with van der Waals surface area (Å²) in [7, 11) is -0.947. The summed E-state index contributed by atoms with van der Waals surface area (Å²) in [5.74, 6) is 0.323. The molecule has 1 aliphatic rings. The van der Waals surface area contributed by atoms with Gasteiger partial charge in [0.05, 0.1) is 19.9 Å². The molecule has 0 fully saturated rings. The maximum Gasteiger partial charge on any atom is 0.270 e. The Labute approximate surface area is 148 Å². The average Bonchev–Trinajstić information content (AvgIpc) is 2.58. The second-order valence-corrected chi connectivity index (χ2v) is 7.40. The highest BCUT2D eigenvalue weighted by atomic mass is 32.2. The molecule has 0 atom stereocenters. The van der Waals surface area contributed by atoms with Crippen LogP contribution in [0.1, 0.15) is 32.8 Å². The molecule has 1 heterocycles. The summed E-state index contributed by atoms with van der Waals surface area (Å²) in [5.41, 5.74) is 1.51. The SMILES string of the molecule is CCCNC(=O)C1=C(C)c2cc(OC)c(OC)cc2N(CC)S1(=O)=O. The largest absolute Gasteiger partial charge is 0.493 e. The van der Waals surface area contributed by atoms with E-state index in [0.29, 0.717) is 34.9 Å². The molecule has 1 aromatic carbocycles. The predicted octanol–water partition coefficient (Wildman–Crippen LogP) is 2.13. The average molecular weight is 368 g/mol. The highest BCUT2D eigenvalue weighted by Crippen LogP contribution is 2.44. The van der Waals surface area contributed by atoms with Crippen molar-refractivity contribution in [2.45, 2.75) is 27.2 Å². The van der Waals surface area contributed by atoms with Gasteiger partial charge in [-0.25, -0.2) is 8.42 Å². The lowest BCUT2D eigenvalue weighted by Crippen LogP contribution is -2.41. The zero-order valence-electron chi connectivity index (χ0n) is 15.2. The van der Waals surface area contributed by atoms with Gasteiger partial charge in [-0.05, 0) is 31.9 Å². The van der Waals surface area contributed by atoms with Gasteiger partial charge in [-0.1, -0.05) is 6.92 Å². The fourth-order valence-corrected chi connectivity index (χ4v) is 4.65. The monoisotopic (exact) mass is 368 g/mol. The van der Waals surface area contributed by atoms with Crippen molar-refractivity contribution < 1.29 is 22.7 Å². The van der Waals surface area contributed by atoms with Crippen LogP contribution in [0.3, 0.4) is 0 Å². The summed E-state index contributed by atoms with van der Waals surface area (Å²) in [6.07, 6.45) is 0.719. The van der Waals surface area contributed by atoms with Crippen molar-refractivity contribution in [2.75, 3.05) is 31.6 Å². The van der Waals surface area contributed by atoms with Crippen LogP contribution in [0.5, 0.6) is 11.5 Å². The summed E-state index contributed by atoms with van der Waals surface area (Å²) in [5, 5.41) is 2.66. The number of allylic oxidation sites excluding steroid dienone is 1. The Morgan fingerprint density at radius 3 is 2.28 bits per heavy atom. The summed E-state index contributed by atoms with van der Waals surface area (Å²) >= 11 is 0. The van der Waals surface area contributed by atoms with E-state index in [9.17, 15) is 13.2 Å². The molecule has 1 aromatic rings. The third kappa shape index (κ3) is 3.18. The van der Waals surface area contributed by atoms with Crippen molar-refractivity contribution in [2.24, 2.45) is 0 Å². The highest BCUT2D eigenvalue weighted by molar-refractivity contribution is 7.97. The van der Waals surface area contributed by atoms with Gasteiger partial charge in [-0.3, -0.25) is 9.10 Å². The first-order chi connectivity index (χ1) is 11.8. The Kier molecular flexibility index (Phi) is 5.62. The first-order valence-corrected chi connectivity index (χ1v) is 9.55. The molecule has 0 bridgehead atoms. The molecule has 0 saturated carbocycles. The lowest BCUT2D eigenvalue weighted by Gasteiger charge is -2.32. The Morgan fingerprint density at radius 2 is 1.76 bits per heavy atom. The van der Waals surface area contributed by atoms with E-state index >= 15 is 0 Å². The standard InChI is InChI=1S/C17H24N2O5S/c1-6-8-18-17(20)16-11(3)12-9-14(23-4)15(24-5)10-13(12)19(7-2)25(16,21)22/h9-10H,6-8H2,1-5H3,(H,18,20). The van der Waals surface area contributed by atoms with Crippen molar-refractivity contribution in [1.82, 2.24) is 5.32 Å². The number of fused-ring (bicyclic) bond motifs is 1. The summed E-state index contributed by atoms with van der Waals surface area (Å²) in [4.78, 5) is 12.3. The molecule has 8 heteroatoms. The van der Waals surface area contributed by atoms with Crippen molar-refractivity contribution in [3.8, 4) is 11.5 Å². The van der Waals surface area contributed by atoms with E-state index in [1.807, 2.05) is 6.92 Å². The molecule has 0 aromatic heterocycles. The molecule has 0 spiro atoms. The van der Waals surface area contributed by atoms with Crippen LogP contribution in [0.15, 0.2) is 17.0 Å². The number of amides is 1. The number of sulfonamides is 1. The fraction of sp³-hybridized carbons (Fsp3) is 0.471. The number of nitrogens with zero attached hydrogens (tertiary/aromatic N) is 1. The van der Waals surface area contributed by atoms with E-state index < -0.39 is 15.9 Å². The topological polar surface area (TPSA) is 84.9 Å². The number of methoxy groups -OCH3 is 2. The van der Waals surface area contributed by atoms with E-state index in [4.69, 9.17) is 9.47 Å². The highest BCUT2D eigenvalue weighted by Gasteiger charge is 2.39. The maximum atomic E-state index is 13.0. The van der Waals surface area contributed by atoms with Gasteiger partial charge in [-0.15, -0.1) is 0 Å². The maximum absolute atomic E-state index is 13.0. The number of ether oxygens (including phenoxy) is 2. The van der Waals surface area contributed by atoms with Crippen molar-refractivity contribution in [3.05, 3.63) is 22.6 Å². The number of nitrogens with one attached hydrogen (secondary N) is 1. The van der Waals surface area contributed by atoms with E-state index in [1.54, 1.807) is 26.0 Å². The minimum atomic E-state index is -3.95. The van der Waals surface area contributed by atoms with Gasteiger partial charge in [0, 0.05) is 24.7 Å². The van der Waals surface area contributed by atoms with Crippen LogP contribution in [0, 0.1) is 0 Å². The Morgan fingerprint density at radius 1 is 1.16 bits per heavy atom. The zero-order valence-corrected chi connectivity index (χ0v) is 16.0. The fourth-order valence-electron chi connectivity index (χ4n) is 2.88. The first-order valence-electron chi connectivity index (χ1n) is 8.11. The van der Waals surface area contributed by atoms with E-state index in [-0.39, 0.29) is 11.4 Å². The minimum absolute atomic E-state index is 0.197. The van der Waals surface area contributed by atoms with Crippen LogP contribution >= 0.6 is 0 Å². The molecule has 0 saturated heterocycles. The molecule has 0 unspecified atom stereocenters. The van der Waals surface area contributed by atoms with Gasteiger partial charge in [0.1, 0.15) is 0 Å². The molecule has 1 amide bonds. The van der Waals surface area contributed by atoms with Crippen LogP contribution in [0.25, 0.3) is 5.57 Å². The molecular formula is C17H24N2O5S. The van der Waals surface area contributed by atoms with Gasteiger partial charge >= 0.3 is 0 Å². The minimum Gasteiger partial charge on any atom is -0.493 e. The quantitative estimate of drug-likeness (QED) is 0.831. The second kappa shape index (κ2) is 7.35. The van der Waals surface area contributed by atoms with Gasteiger partial charge in [0.2, 0.25) is 0 Å². The Hall–Kier alpha value is -2.22. The van der Waals surface area contributed by atoms with Crippen LogP contribution in [-0.2, 0) is 14.8 Å². The summed E-state index contributed by atoms with van der Waals surface area (Å²) < 4.78 is 37.8. The third-order valence-corrected chi connectivity index (χ3v) is 6.13. The predicted molar refractivity (Wildman–Crippen MR) is 97.4 cm³/mol. The number of benzene rings is 1. The molecule has 1 aliphatic heterocycles. The van der Waals surface area contributed by atoms with E-state index in [2.05, 4.69) is 5.32 Å². The summed E-state index contributed by atoms with van der Waals surface area (Å²) in [6, 6.07) is 3.33. The van der Waals surface area contributed by atoms with Gasteiger partial charge in [-0.2, -0.15) is 0 Å². The normalized spacial score (nSPS) is 15.6. The van der Waals surface area contributed by atoms with Crippen LogP contribution < -0.4 is 19.1 Å². The van der Waals surface area contributed by atoms with Crippen LogP contribution in [-0.4, -0.2) is 41.6 Å². The smallest absolute Gasteiger partial charge is 0.270 e. The Bertz CT molecular complexity index is 815. The number of hydrogen-bond donors (Lipinski definition) is 1. The number of hydrogen-bond acceptors (Lipinski definition) is 5.